The first-order valence-corrected chi connectivity index (χ1v) is 3.14. The lowest BCUT2D eigenvalue weighted by atomic mass is 10.4. The normalized spacial score (nSPS) is 10.6. The van der Waals surface area contributed by atoms with Gasteiger partial charge in [0.1, 0.15) is 0 Å². The number of nitrogens with one attached hydrogen (secondary N) is 2. The van der Waals surface area contributed by atoms with Crippen molar-refractivity contribution in [2.24, 2.45) is 0 Å². The summed E-state index contributed by atoms with van der Waals surface area (Å²) in [5.74, 6) is 0.0874. The van der Waals surface area contributed by atoms with Crippen LogP contribution in [0.25, 0.3) is 0 Å². The van der Waals surface area contributed by atoms with Crippen LogP contribution in [0.2, 0.25) is 0 Å². The van der Waals surface area contributed by atoms with E-state index in [1.165, 1.54) is 20.1 Å². The van der Waals surface area contributed by atoms with Crippen molar-refractivity contribution in [3.8, 4) is 0 Å². The van der Waals surface area contributed by atoms with E-state index < -0.39 is 0 Å². The van der Waals surface area contributed by atoms with Crippen LogP contribution in [0.15, 0.2) is 12.0 Å². The second kappa shape index (κ2) is 4.49. The molecule has 0 aliphatic heterocycles. The second-order valence-electron chi connectivity index (χ2n) is 2.08. The number of amides is 1. The van der Waals surface area contributed by atoms with Crippen LogP contribution in [0.4, 0.5) is 0 Å². The predicted octanol–water partition coefficient (Wildman–Crippen LogP) is 0.650. The minimum absolute atomic E-state index is 0.209. The molecule has 4 heteroatoms. The summed E-state index contributed by atoms with van der Waals surface area (Å²) in [5.41, 5.74) is 0.329. The molecule has 0 unspecified atom stereocenters. The minimum Gasteiger partial charge on any atom is -0.482 e. The maximum Gasteiger partial charge on any atom is 0.223 e. The van der Waals surface area contributed by atoms with Crippen LogP contribution >= 0.6 is 0 Å². The molecule has 0 saturated heterocycles. The van der Waals surface area contributed by atoms with Crippen LogP contribution < -0.4 is 5.32 Å². The Morgan fingerprint density at radius 3 is 2.36 bits per heavy atom. The van der Waals surface area contributed by atoms with E-state index >= 15 is 0 Å². The quantitative estimate of drug-likeness (QED) is 0.465. The molecule has 62 valence electrons. The van der Waals surface area contributed by atoms with Gasteiger partial charge in [0.05, 0.1) is 7.11 Å². The van der Waals surface area contributed by atoms with Gasteiger partial charge in [0.2, 0.25) is 5.91 Å². The van der Waals surface area contributed by atoms with Crippen LogP contribution in [-0.2, 0) is 9.53 Å². The van der Waals surface area contributed by atoms with Crippen LogP contribution in [-0.4, -0.2) is 18.7 Å². The standard InChI is InChI=1S/C7H12N2O2/c1-5(8)4-7(11-3)9-6(2)10/h4,8H,1-3H3,(H,9,10)/b7-4-,8-5?. The van der Waals surface area contributed by atoms with Gasteiger partial charge in [-0.05, 0) is 6.92 Å². The van der Waals surface area contributed by atoms with E-state index in [-0.39, 0.29) is 5.91 Å². The zero-order valence-corrected chi connectivity index (χ0v) is 6.89. The summed E-state index contributed by atoms with van der Waals surface area (Å²) in [6.45, 7) is 2.98. The third kappa shape index (κ3) is 5.14. The highest BCUT2D eigenvalue weighted by Crippen LogP contribution is 1.89. The van der Waals surface area contributed by atoms with E-state index in [0.29, 0.717) is 11.6 Å². The molecule has 11 heavy (non-hydrogen) atoms. The van der Waals surface area contributed by atoms with Crippen molar-refractivity contribution in [3.63, 3.8) is 0 Å². The summed E-state index contributed by atoms with van der Waals surface area (Å²) in [6.07, 6.45) is 1.43. The molecule has 0 aliphatic rings. The topological polar surface area (TPSA) is 62.2 Å². The third-order valence-electron chi connectivity index (χ3n) is 0.867. The molecule has 0 aromatic carbocycles. The molecule has 0 rings (SSSR count). The fourth-order valence-corrected chi connectivity index (χ4v) is 0.516. The summed E-state index contributed by atoms with van der Waals surface area (Å²) in [4.78, 5) is 10.5. The van der Waals surface area contributed by atoms with E-state index in [1.807, 2.05) is 0 Å². The SMILES string of the molecule is CO/C(=C\C(C)=N)NC(C)=O. The van der Waals surface area contributed by atoms with Crippen LogP contribution in [0, 0.1) is 5.41 Å². The molecule has 0 fully saturated rings. The smallest absolute Gasteiger partial charge is 0.223 e. The number of hydrogen-bond donors (Lipinski definition) is 2. The number of allylic oxidation sites excluding steroid dienone is 1. The first-order chi connectivity index (χ1) is 5.06. The summed E-state index contributed by atoms with van der Waals surface area (Å²) in [6, 6.07) is 0. The van der Waals surface area contributed by atoms with Gasteiger partial charge in [0.15, 0.2) is 5.88 Å². The Morgan fingerprint density at radius 1 is 1.55 bits per heavy atom. The van der Waals surface area contributed by atoms with Gasteiger partial charge in [-0.3, -0.25) is 10.1 Å². The van der Waals surface area contributed by atoms with Gasteiger partial charge in [-0.1, -0.05) is 0 Å². The Balaban J connectivity index is 4.16. The Morgan fingerprint density at radius 2 is 2.09 bits per heavy atom. The number of carbonyl (C=O) groups is 1. The van der Waals surface area contributed by atoms with Crippen LogP contribution in [0.3, 0.4) is 0 Å². The molecular formula is C7H12N2O2. The Labute approximate surface area is 65.7 Å². The molecule has 1 amide bonds. The molecule has 0 aromatic heterocycles. The summed E-state index contributed by atoms with van der Waals surface area (Å²) < 4.78 is 4.76. The third-order valence-corrected chi connectivity index (χ3v) is 0.867. The molecule has 0 bridgehead atoms. The van der Waals surface area contributed by atoms with E-state index in [2.05, 4.69) is 5.32 Å². The highest BCUT2D eigenvalue weighted by atomic mass is 16.5. The lowest BCUT2D eigenvalue weighted by Gasteiger charge is -2.04. The lowest BCUT2D eigenvalue weighted by Crippen LogP contribution is -2.20. The monoisotopic (exact) mass is 156 g/mol. The largest absolute Gasteiger partial charge is 0.482 e. The van der Waals surface area contributed by atoms with Crippen molar-refractivity contribution in [3.05, 3.63) is 12.0 Å². The van der Waals surface area contributed by atoms with Crippen LogP contribution in [0.5, 0.6) is 0 Å². The number of carbonyl (C=O) groups excluding carboxylic acids is 1. The van der Waals surface area contributed by atoms with E-state index in [4.69, 9.17) is 10.1 Å². The van der Waals surface area contributed by atoms with Crippen molar-refractivity contribution in [1.82, 2.24) is 5.32 Å². The summed E-state index contributed by atoms with van der Waals surface area (Å²) in [7, 11) is 1.44. The van der Waals surface area contributed by atoms with E-state index in [0.717, 1.165) is 0 Å². The van der Waals surface area contributed by atoms with Gasteiger partial charge in [-0.25, -0.2) is 0 Å². The van der Waals surface area contributed by atoms with Crippen molar-refractivity contribution >= 4 is 11.6 Å². The van der Waals surface area contributed by atoms with E-state index in [9.17, 15) is 4.79 Å². The van der Waals surface area contributed by atoms with Gasteiger partial charge < -0.3 is 10.1 Å². The fraction of sp³-hybridized carbons (Fsp3) is 0.429. The molecular weight excluding hydrogens is 144 g/mol. The van der Waals surface area contributed by atoms with Crippen molar-refractivity contribution in [2.75, 3.05) is 7.11 Å². The number of ether oxygens (including phenoxy) is 1. The molecule has 0 aliphatic carbocycles. The molecule has 0 radical (unpaired) electrons. The minimum atomic E-state index is -0.209. The van der Waals surface area contributed by atoms with Gasteiger partial charge >= 0.3 is 0 Å². The summed E-state index contributed by atoms with van der Waals surface area (Å²) >= 11 is 0. The highest BCUT2D eigenvalue weighted by molar-refractivity contribution is 5.91. The summed E-state index contributed by atoms with van der Waals surface area (Å²) in [5, 5.41) is 9.48. The van der Waals surface area contributed by atoms with E-state index in [1.54, 1.807) is 6.92 Å². The molecule has 0 spiro atoms. The maximum atomic E-state index is 10.5. The maximum absolute atomic E-state index is 10.5. The second-order valence-corrected chi connectivity index (χ2v) is 2.08. The number of rotatable bonds is 3. The van der Waals surface area contributed by atoms with Gasteiger partial charge in [-0.2, -0.15) is 0 Å². The first kappa shape index (κ1) is 9.68. The van der Waals surface area contributed by atoms with Crippen molar-refractivity contribution in [2.45, 2.75) is 13.8 Å². The highest BCUT2D eigenvalue weighted by Gasteiger charge is 1.97. The zero-order valence-electron chi connectivity index (χ0n) is 6.89. The Kier molecular flexibility index (Phi) is 3.95. The number of methoxy groups -OCH3 is 1. The lowest BCUT2D eigenvalue weighted by molar-refractivity contribution is -0.119. The Hall–Kier alpha value is -1.32. The first-order valence-electron chi connectivity index (χ1n) is 3.14. The van der Waals surface area contributed by atoms with Gasteiger partial charge in [0, 0.05) is 18.7 Å². The predicted molar refractivity (Wildman–Crippen MR) is 42.3 cm³/mol. The molecule has 0 heterocycles. The fourth-order valence-electron chi connectivity index (χ4n) is 0.516. The van der Waals surface area contributed by atoms with Gasteiger partial charge in [-0.15, -0.1) is 0 Å². The zero-order chi connectivity index (χ0) is 8.85. The molecule has 0 atom stereocenters. The van der Waals surface area contributed by atoms with Crippen molar-refractivity contribution in [1.29, 1.82) is 5.41 Å². The molecule has 4 nitrogen and oxygen atoms in total. The number of hydrogen-bond acceptors (Lipinski definition) is 3. The van der Waals surface area contributed by atoms with Gasteiger partial charge in [0.25, 0.3) is 0 Å². The molecule has 2 N–H and O–H groups in total. The average molecular weight is 156 g/mol. The Bertz CT molecular complexity index is 197. The molecule has 0 saturated carbocycles. The average Bonchev–Trinajstić information content (AvgIpc) is 1.84. The molecule has 0 aromatic rings. The van der Waals surface area contributed by atoms with Crippen molar-refractivity contribution < 1.29 is 9.53 Å². The van der Waals surface area contributed by atoms with Crippen LogP contribution in [0.1, 0.15) is 13.8 Å².